The van der Waals surface area contributed by atoms with Crippen molar-refractivity contribution in [1.29, 1.82) is 0 Å². The van der Waals surface area contributed by atoms with Gasteiger partial charge in [-0.05, 0) is 55.4 Å². The van der Waals surface area contributed by atoms with E-state index in [1.165, 1.54) is 11.1 Å². The number of hydrogen-bond donors (Lipinski definition) is 2. The molecule has 0 unspecified atom stereocenters. The molecule has 0 saturated carbocycles. The van der Waals surface area contributed by atoms with Gasteiger partial charge in [-0.2, -0.15) is 0 Å². The molecule has 1 aromatic carbocycles. The van der Waals surface area contributed by atoms with Crippen molar-refractivity contribution in [2.75, 3.05) is 6.54 Å². The fourth-order valence-electron chi connectivity index (χ4n) is 2.78. The van der Waals surface area contributed by atoms with Crippen LogP contribution in [0.5, 0.6) is 0 Å². The van der Waals surface area contributed by atoms with E-state index in [0.29, 0.717) is 24.3 Å². The number of benzene rings is 1. The maximum absolute atomic E-state index is 12.6. The second-order valence-corrected chi connectivity index (χ2v) is 7.26. The van der Waals surface area contributed by atoms with Crippen molar-refractivity contribution in [2.24, 2.45) is 5.73 Å². The van der Waals surface area contributed by atoms with Gasteiger partial charge in [0.05, 0.1) is 4.90 Å². The summed E-state index contributed by atoms with van der Waals surface area (Å²) >= 11 is 0. The summed E-state index contributed by atoms with van der Waals surface area (Å²) in [5.41, 5.74) is 7.68. The molecule has 0 heterocycles. The van der Waals surface area contributed by atoms with Crippen LogP contribution < -0.4 is 10.5 Å². The van der Waals surface area contributed by atoms with Gasteiger partial charge in [0.2, 0.25) is 10.0 Å². The molecular weight excluding hydrogens is 308 g/mol. The number of aryl methyl sites for hydroxylation is 2. The lowest BCUT2D eigenvalue weighted by atomic mass is 9.95. The largest absolute Gasteiger partial charge is 0.329 e. The summed E-state index contributed by atoms with van der Waals surface area (Å²) in [6.45, 7) is 4.23. The van der Waals surface area contributed by atoms with Crippen molar-refractivity contribution in [3.05, 3.63) is 29.3 Å². The van der Waals surface area contributed by atoms with Gasteiger partial charge in [-0.15, -0.1) is 12.4 Å². The highest BCUT2D eigenvalue weighted by atomic mass is 35.5. The predicted molar refractivity (Wildman–Crippen MR) is 88.4 cm³/mol. The van der Waals surface area contributed by atoms with Crippen molar-refractivity contribution < 1.29 is 8.42 Å². The Balaban J connectivity index is 0.00000220. The summed E-state index contributed by atoms with van der Waals surface area (Å²) in [6.07, 6.45) is 4.51. The van der Waals surface area contributed by atoms with Crippen LogP contribution in [0.3, 0.4) is 0 Å². The van der Waals surface area contributed by atoms with Crippen molar-refractivity contribution in [2.45, 2.75) is 56.4 Å². The Labute approximate surface area is 134 Å². The van der Waals surface area contributed by atoms with Crippen molar-refractivity contribution in [1.82, 2.24) is 4.72 Å². The Hall–Kier alpha value is -0.620. The summed E-state index contributed by atoms with van der Waals surface area (Å²) in [5, 5.41) is 0. The van der Waals surface area contributed by atoms with E-state index in [-0.39, 0.29) is 12.4 Å². The number of nitrogens with two attached hydrogens (primary N) is 1. The molecule has 1 aliphatic carbocycles. The zero-order valence-corrected chi connectivity index (χ0v) is 14.3. The number of hydrogen-bond acceptors (Lipinski definition) is 3. The third kappa shape index (κ3) is 3.77. The van der Waals surface area contributed by atoms with E-state index in [4.69, 9.17) is 5.73 Å². The van der Waals surface area contributed by atoms with Crippen molar-refractivity contribution in [3.8, 4) is 0 Å². The Morgan fingerprint density at radius 1 is 1.19 bits per heavy atom. The Bertz CT molecular complexity index is 575. The summed E-state index contributed by atoms with van der Waals surface area (Å²) in [5.74, 6) is 0. The zero-order chi connectivity index (χ0) is 14.8. The average molecular weight is 333 g/mol. The Kier molecular flexibility index (Phi) is 6.23. The molecule has 0 aliphatic heterocycles. The maximum atomic E-state index is 12.6. The second kappa shape index (κ2) is 7.09. The minimum absolute atomic E-state index is 0. The van der Waals surface area contributed by atoms with Crippen LogP contribution in [0.1, 0.15) is 44.2 Å². The van der Waals surface area contributed by atoms with Gasteiger partial charge in [0.15, 0.2) is 0 Å². The predicted octanol–water partition coefficient (Wildman–Crippen LogP) is 2.39. The molecule has 0 saturated heterocycles. The smallest absolute Gasteiger partial charge is 0.241 e. The van der Waals surface area contributed by atoms with Gasteiger partial charge < -0.3 is 5.73 Å². The van der Waals surface area contributed by atoms with Gasteiger partial charge in [0.25, 0.3) is 0 Å². The third-order valence-corrected chi connectivity index (χ3v) is 6.05. The molecule has 0 radical (unpaired) electrons. The van der Waals surface area contributed by atoms with E-state index >= 15 is 0 Å². The standard InChI is InChI=1S/C15H24N2O2S.ClH/c1-3-15(4-2,11-16)17-20(18,19)14-9-8-12-6-5-7-13(12)10-14;/h8-10,17H,3-7,11,16H2,1-2H3;1H. The first kappa shape index (κ1) is 18.4. The van der Waals surface area contributed by atoms with E-state index in [2.05, 4.69) is 4.72 Å². The molecule has 0 atom stereocenters. The molecule has 4 nitrogen and oxygen atoms in total. The molecule has 0 bridgehead atoms. The Morgan fingerprint density at radius 3 is 2.38 bits per heavy atom. The van der Waals surface area contributed by atoms with Gasteiger partial charge in [-0.1, -0.05) is 19.9 Å². The van der Waals surface area contributed by atoms with E-state index < -0.39 is 15.6 Å². The topological polar surface area (TPSA) is 72.2 Å². The van der Waals surface area contributed by atoms with Crippen LogP contribution >= 0.6 is 12.4 Å². The molecule has 0 aromatic heterocycles. The molecule has 6 heteroatoms. The second-order valence-electron chi connectivity index (χ2n) is 5.58. The van der Waals surface area contributed by atoms with Gasteiger partial charge in [0, 0.05) is 12.1 Å². The summed E-state index contributed by atoms with van der Waals surface area (Å²) in [4.78, 5) is 0.359. The minimum atomic E-state index is -3.51. The molecule has 1 aromatic rings. The first-order valence-electron chi connectivity index (χ1n) is 7.32. The summed E-state index contributed by atoms with van der Waals surface area (Å²) in [6, 6.07) is 5.47. The van der Waals surface area contributed by atoms with Gasteiger partial charge >= 0.3 is 0 Å². The molecule has 1 aliphatic rings. The first-order chi connectivity index (χ1) is 9.46. The molecule has 3 N–H and O–H groups in total. The van der Waals surface area contributed by atoms with Crippen LogP contribution in [0, 0.1) is 0 Å². The fraction of sp³-hybridized carbons (Fsp3) is 0.600. The summed E-state index contributed by atoms with van der Waals surface area (Å²) < 4.78 is 27.9. The van der Waals surface area contributed by atoms with Gasteiger partial charge in [-0.3, -0.25) is 0 Å². The van der Waals surface area contributed by atoms with Crippen LogP contribution in [0.15, 0.2) is 23.1 Å². The van der Waals surface area contributed by atoms with Crippen LogP contribution in [-0.4, -0.2) is 20.5 Å². The number of nitrogens with one attached hydrogen (secondary N) is 1. The highest BCUT2D eigenvalue weighted by Crippen LogP contribution is 2.26. The maximum Gasteiger partial charge on any atom is 0.241 e. The average Bonchev–Trinajstić information content (AvgIpc) is 2.92. The van der Waals surface area contributed by atoms with Crippen molar-refractivity contribution >= 4 is 22.4 Å². The summed E-state index contributed by atoms with van der Waals surface area (Å²) in [7, 11) is -3.51. The van der Waals surface area contributed by atoms with Crippen LogP contribution in [0.2, 0.25) is 0 Å². The van der Waals surface area contributed by atoms with E-state index in [1.807, 2.05) is 26.0 Å². The van der Waals surface area contributed by atoms with E-state index in [1.54, 1.807) is 6.07 Å². The van der Waals surface area contributed by atoms with Gasteiger partial charge in [0.1, 0.15) is 0 Å². The monoisotopic (exact) mass is 332 g/mol. The van der Waals surface area contributed by atoms with E-state index in [0.717, 1.165) is 19.3 Å². The molecular formula is C15H25ClN2O2S. The zero-order valence-electron chi connectivity index (χ0n) is 12.7. The number of fused-ring (bicyclic) bond motifs is 1. The lowest BCUT2D eigenvalue weighted by molar-refractivity contribution is 0.363. The van der Waals surface area contributed by atoms with Gasteiger partial charge in [-0.25, -0.2) is 13.1 Å². The highest BCUT2D eigenvalue weighted by Gasteiger charge is 2.31. The molecule has 0 amide bonds. The number of halogens is 1. The lowest BCUT2D eigenvalue weighted by Crippen LogP contribution is -2.52. The fourth-order valence-corrected chi connectivity index (χ4v) is 4.39. The Morgan fingerprint density at radius 2 is 1.81 bits per heavy atom. The third-order valence-electron chi connectivity index (χ3n) is 4.48. The SMILES string of the molecule is CCC(CC)(CN)NS(=O)(=O)c1ccc2c(c1)CCC2.Cl. The number of sulfonamides is 1. The minimum Gasteiger partial charge on any atom is -0.329 e. The molecule has 2 rings (SSSR count). The number of rotatable bonds is 6. The molecule has 0 spiro atoms. The van der Waals surface area contributed by atoms with Crippen LogP contribution in [-0.2, 0) is 22.9 Å². The van der Waals surface area contributed by atoms with E-state index in [9.17, 15) is 8.42 Å². The van der Waals surface area contributed by atoms with Crippen LogP contribution in [0.25, 0.3) is 0 Å². The normalized spacial score (nSPS) is 14.6. The molecule has 0 fully saturated rings. The lowest BCUT2D eigenvalue weighted by Gasteiger charge is -2.31. The quantitative estimate of drug-likeness (QED) is 0.840. The highest BCUT2D eigenvalue weighted by molar-refractivity contribution is 7.89. The van der Waals surface area contributed by atoms with Crippen molar-refractivity contribution in [3.63, 3.8) is 0 Å². The first-order valence-corrected chi connectivity index (χ1v) is 8.80. The molecule has 120 valence electrons. The van der Waals surface area contributed by atoms with Crippen LogP contribution in [0.4, 0.5) is 0 Å². The molecule has 21 heavy (non-hydrogen) atoms.